The molecule has 0 atom stereocenters. The van der Waals surface area contributed by atoms with Crippen molar-refractivity contribution in [2.45, 2.75) is 0 Å². The van der Waals surface area contributed by atoms with Gasteiger partial charge < -0.3 is 20.5 Å². The van der Waals surface area contributed by atoms with Crippen LogP contribution in [0.5, 0.6) is 0 Å². The Morgan fingerprint density at radius 2 is 1.74 bits per heavy atom. The van der Waals surface area contributed by atoms with Crippen LogP contribution in [0.15, 0.2) is 54.7 Å². The lowest BCUT2D eigenvalue weighted by molar-refractivity contribution is 0.100. The molecule has 0 saturated carbocycles. The number of aromatic nitrogens is 3. The average Bonchev–Trinajstić information content (AvgIpc) is 3.38. The molecule has 0 radical (unpaired) electrons. The molecule has 0 spiro atoms. The van der Waals surface area contributed by atoms with E-state index in [0.717, 1.165) is 70.0 Å². The van der Waals surface area contributed by atoms with Gasteiger partial charge in [0.05, 0.1) is 22.8 Å². The van der Waals surface area contributed by atoms with Crippen LogP contribution in [0, 0.1) is 0 Å². The van der Waals surface area contributed by atoms with E-state index < -0.39 is 5.91 Å². The number of benzene rings is 3. The summed E-state index contributed by atoms with van der Waals surface area (Å²) in [6, 6.07) is 16.8. The largest absolute Gasteiger partial charge is 0.369 e. The summed E-state index contributed by atoms with van der Waals surface area (Å²) in [6.07, 6.45) is 1.86. The lowest BCUT2D eigenvalue weighted by atomic mass is 9.98. The van der Waals surface area contributed by atoms with E-state index in [1.165, 1.54) is 5.69 Å². The molecule has 3 aromatic carbocycles. The van der Waals surface area contributed by atoms with Gasteiger partial charge in [-0.2, -0.15) is 5.10 Å². The molecule has 6 rings (SSSR count). The molecular weight excluding hydrogens is 448 g/mol. The molecule has 1 saturated heterocycles. The minimum absolute atomic E-state index is 0. The number of likely N-dealkylation sites (N-methyl/N-ethyl adjacent to an activating group) is 1. The standard InChI is InChI=1S/C26H26N6O.ClH/c1-30-7-9-32(10-8-30)19-4-5-20-21-12-17(13-22(26(27)33)25(21)29-23(20)14-19)16-3-6-24-18(11-16)15-28-31(24)2;/h3-6,11-15,29H,7-10H2,1-2H3,(H2,27,33);1H. The van der Waals surface area contributed by atoms with Crippen LogP contribution in [-0.2, 0) is 7.05 Å². The zero-order chi connectivity index (χ0) is 22.7. The van der Waals surface area contributed by atoms with E-state index in [9.17, 15) is 4.79 Å². The Balaban J connectivity index is 0.00000241. The number of nitrogens with zero attached hydrogens (tertiary/aromatic N) is 4. The minimum Gasteiger partial charge on any atom is -0.369 e. The third-order valence-corrected chi connectivity index (χ3v) is 6.90. The zero-order valence-corrected chi connectivity index (χ0v) is 20.0. The summed E-state index contributed by atoms with van der Waals surface area (Å²) in [5.41, 5.74) is 12.4. The summed E-state index contributed by atoms with van der Waals surface area (Å²) in [6.45, 7) is 4.13. The van der Waals surface area contributed by atoms with E-state index in [4.69, 9.17) is 5.73 Å². The van der Waals surface area contributed by atoms with Crippen molar-refractivity contribution in [1.29, 1.82) is 0 Å². The van der Waals surface area contributed by atoms with E-state index in [0.29, 0.717) is 5.56 Å². The second-order valence-electron chi connectivity index (χ2n) is 9.00. The zero-order valence-electron chi connectivity index (χ0n) is 19.2. The van der Waals surface area contributed by atoms with Crippen molar-refractivity contribution in [3.8, 4) is 11.1 Å². The van der Waals surface area contributed by atoms with Gasteiger partial charge in [0.15, 0.2) is 0 Å². The van der Waals surface area contributed by atoms with Crippen molar-refractivity contribution < 1.29 is 4.79 Å². The smallest absolute Gasteiger partial charge is 0.250 e. The molecular formula is C26H27ClN6O. The number of aryl methyl sites for hydroxylation is 1. The third kappa shape index (κ3) is 3.57. The number of nitrogens with two attached hydrogens (primary N) is 1. The van der Waals surface area contributed by atoms with Gasteiger partial charge in [-0.3, -0.25) is 9.48 Å². The van der Waals surface area contributed by atoms with E-state index in [1.54, 1.807) is 0 Å². The summed E-state index contributed by atoms with van der Waals surface area (Å²) in [5, 5.41) is 7.50. The number of nitrogens with one attached hydrogen (secondary N) is 1. The van der Waals surface area contributed by atoms with E-state index >= 15 is 0 Å². The topological polar surface area (TPSA) is 83.2 Å². The molecule has 8 heteroatoms. The lowest BCUT2D eigenvalue weighted by Crippen LogP contribution is -2.44. The maximum Gasteiger partial charge on any atom is 0.250 e. The van der Waals surface area contributed by atoms with Gasteiger partial charge in [0.2, 0.25) is 0 Å². The Morgan fingerprint density at radius 3 is 2.50 bits per heavy atom. The number of hydrogen-bond donors (Lipinski definition) is 2. The highest BCUT2D eigenvalue weighted by Gasteiger charge is 2.18. The first kappa shape index (κ1) is 22.3. The maximum atomic E-state index is 12.4. The van der Waals surface area contributed by atoms with Crippen LogP contribution in [0.25, 0.3) is 43.8 Å². The van der Waals surface area contributed by atoms with E-state index in [-0.39, 0.29) is 12.4 Å². The van der Waals surface area contributed by atoms with Gasteiger partial charge in [-0.15, -0.1) is 12.4 Å². The van der Waals surface area contributed by atoms with Crippen molar-refractivity contribution in [1.82, 2.24) is 19.7 Å². The van der Waals surface area contributed by atoms with Gasteiger partial charge in [0.25, 0.3) is 5.91 Å². The Bertz CT molecular complexity index is 1540. The number of anilines is 1. The number of rotatable bonds is 3. The molecule has 0 bridgehead atoms. The van der Waals surface area contributed by atoms with Crippen molar-refractivity contribution in [2.24, 2.45) is 12.8 Å². The van der Waals surface area contributed by atoms with Gasteiger partial charge >= 0.3 is 0 Å². The molecule has 5 aromatic rings. The third-order valence-electron chi connectivity index (χ3n) is 6.90. The second-order valence-corrected chi connectivity index (χ2v) is 9.00. The van der Waals surface area contributed by atoms with Crippen molar-refractivity contribution >= 4 is 56.7 Å². The molecule has 3 heterocycles. The highest BCUT2D eigenvalue weighted by molar-refractivity contribution is 6.16. The van der Waals surface area contributed by atoms with Gasteiger partial charge in [-0.1, -0.05) is 12.1 Å². The predicted molar refractivity (Wildman–Crippen MR) is 141 cm³/mol. The van der Waals surface area contributed by atoms with E-state index in [2.05, 4.69) is 69.4 Å². The van der Waals surface area contributed by atoms with Crippen LogP contribution in [0.3, 0.4) is 0 Å². The Kier molecular flexibility index (Phi) is 5.46. The lowest BCUT2D eigenvalue weighted by Gasteiger charge is -2.34. The highest BCUT2D eigenvalue weighted by Crippen LogP contribution is 2.35. The number of carbonyl (C=O) groups is 1. The Morgan fingerprint density at radius 1 is 0.941 bits per heavy atom. The number of carbonyl (C=O) groups excluding carboxylic acids is 1. The average molecular weight is 475 g/mol. The number of halogens is 1. The van der Waals surface area contributed by atoms with Gasteiger partial charge in [0.1, 0.15) is 0 Å². The number of H-pyrrole nitrogens is 1. The van der Waals surface area contributed by atoms with Crippen LogP contribution >= 0.6 is 12.4 Å². The first-order chi connectivity index (χ1) is 16.0. The number of aromatic amines is 1. The van der Waals surface area contributed by atoms with E-state index in [1.807, 2.05) is 24.0 Å². The fourth-order valence-corrected chi connectivity index (χ4v) is 4.96. The quantitative estimate of drug-likeness (QED) is 0.411. The van der Waals surface area contributed by atoms with Crippen LogP contribution in [0.4, 0.5) is 5.69 Å². The maximum absolute atomic E-state index is 12.4. The molecule has 3 N–H and O–H groups in total. The first-order valence-corrected chi connectivity index (χ1v) is 11.2. The van der Waals surface area contributed by atoms with Crippen molar-refractivity contribution in [3.63, 3.8) is 0 Å². The van der Waals surface area contributed by atoms with Crippen LogP contribution in [0.1, 0.15) is 10.4 Å². The van der Waals surface area contributed by atoms with Crippen molar-refractivity contribution in [3.05, 3.63) is 60.3 Å². The second kappa shape index (κ2) is 8.34. The number of fused-ring (bicyclic) bond motifs is 4. The molecule has 2 aromatic heterocycles. The summed E-state index contributed by atoms with van der Waals surface area (Å²) < 4.78 is 1.86. The molecule has 0 unspecified atom stereocenters. The summed E-state index contributed by atoms with van der Waals surface area (Å²) >= 11 is 0. The molecule has 1 aliphatic heterocycles. The highest BCUT2D eigenvalue weighted by atomic mass is 35.5. The van der Waals surface area contributed by atoms with Crippen LogP contribution in [-0.4, -0.2) is 58.8 Å². The van der Waals surface area contributed by atoms with Crippen LogP contribution < -0.4 is 10.6 Å². The van der Waals surface area contributed by atoms with Gasteiger partial charge in [0, 0.05) is 60.6 Å². The van der Waals surface area contributed by atoms with Gasteiger partial charge in [-0.25, -0.2) is 0 Å². The summed E-state index contributed by atoms with van der Waals surface area (Å²) in [4.78, 5) is 20.6. The molecule has 1 fully saturated rings. The first-order valence-electron chi connectivity index (χ1n) is 11.2. The summed E-state index contributed by atoms with van der Waals surface area (Å²) in [7, 11) is 4.09. The molecule has 1 aliphatic rings. The minimum atomic E-state index is -0.435. The van der Waals surface area contributed by atoms with Crippen LogP contribution in [0.2, 0.25) is 0 Å². The fourth-order valence-electron chi connectivity index (χ4n) is 4.96. The fraction of sp³-hybridized carbons (Fsp3) is 0.231. The monoisotopic (exact) mass is 474 g/mol. The molecule has 174 valence electrons. The summed E-state index contributed by atoms with van der Waals surface area (Å²) in [5.74, 6) is -0.435. The number of primary amides is 1. The van der Waals surface area contributed by atoms with Crippen molar-refractivity contribution in [2.75, 3.05) is 38.1 Å². The molecule has 7 nitrogen and oxygen atoms in total. The molecule has 0 aliphatic carbocycles. The number of amides is 1. The normalized spacial score (nSPS) is 14.7. The van der Waals surface area contributed by atoms with Gasteiger partial charge in [-0.05, 0) is 54.6 Å². The predicted octanol–water partition coefficient (Wildman–Crippen LogP) is 4.15. The Labute approximate surface area is 203 Å². The molecule has 34 heavy (non-hydrogen) atoms. The Hall–Kier alpha value is -3.55. The number of hydrogen-bond acceptors (Lipinski definition) is 4. The SMILES string of the molecule is CN1CCN(c2ccc3c(c2)[nH]c2c(C(N)=O)cc(-c4ccc5c(cnn5C)c4)cc23)CC1.Cl. The molecule has 1 amide bonds. The number of piperazine rings is 1.